The molecule has 0 saturated carbocycles. The number of ether oxygens (including phenoxy) is 2. The molecule has 4 nitrogen and oxygen atoms in total. The van der Waals surface area contributed by atoms with E-state index in [1.54, 1.807) is 0 Å². The second kappa shape index (κ2) is 5.08. The van der Waals surface area contributed by atoms with Crippen LogP contribution in [0.5, 0.6) is 5.75 Å². The first kappa shape index (κ1) is 17.0. The Hall–Kier alpha value is -1.83. The van der Waals surface area contributed by atoms with Gasteiger partial charge in [-0.05, 0) is 24.0 Å². The molecule has 1 fully saturated rings. The zero-order chi connectivity index (χ0) is 17.9. The third-order valence-corrected chi connectivity index (χ3v) is 4.61. The number of fused-ring (bicyclic) bond motifs is 1. The summed E-state index contributed by atoms with van der Waals surface area (Å²) in [6, 6.07) is 2.50. The minimum atomic E-state index is -4.76. The van der Waals surface area contributed by atoms with Crippen LogP contribution in [0.15, 0.2) is 12.1 Å². The fourth-order valence-electron chi connectivity index (χ4n) is 3.44. The largest absolute Gasteiger partial charge is 0.493 e. The van der Waals surface area contributed by atoms with Crippen molar-refractivity contribution in [3.8, 4) is 5.75 Å². The first-order valence-electron chi connectivity index (χ1n) is 7.47. The Kier molecular flexibility index (Phi) is 3.60. The average Bonchev–Trinajstić information content (AvgIpc) is 2.98. The fourth-order valence-corrected chi connectivity index (χ4v) is 3.44. The van der Waals surface area contributed by atoms with E-state index >= 15 is 0 Å². The number of epoxide rings is 1. The van der Waals surface area contributed by atoms with E-state index in [0.29, 0.717) is 29.9 Å². The number of halogens is 4. The number of benzene rings is 1. The van der Waals surface area contributed by atoms with Crippen molar-refractivity contribution in [2.75, 3.05) is 6.61 Å². The summed E-state index contributed by atoms with van der Waals surface area (Å²) in [6.45, 7) is 3.43. The third-order valence-electron chi connectivity index (χ3n) is 4.61. The van der Waals surface area contributed by atoms with Crippen LogP contribution in [0.25, 0.3) is 0 Å². The van der Waals surface area contributed by atoms with Gasteiger partial charge in [0.15, 0.2) is 11.7 Å². The molecule has 3 rings (SSSR count). The maximum Gasteiger partial charge on any atom is 0.420 e. The minimum absolute atomic E-state index is 0.331. The molecule has 1 saturated heterocycles. The number of hydrogen-bond donors (Lipinski definition) is 1. The highest BCUT2D eigenvalue weighted by Crippen LogP contribution is 2.56. The average molecular weight is 347 g/mol. The lowest BCUT2D eigenvalue weighted by Gasteiger charge is -2.31. The van der Waals surface area contributed by atoms with Gasteiger partial charge >= 0.3 is 6.18 Å². The Morgan fingerprint density at radius 3 is 2.58 bits per heavy atom. The summed E-state index contributed by atoms with van der Waals surface area (Å²) >= 11 is 0. The summed E-state index contributed by atoms with van der Waals surface area (Å²) in [5.74, 6) is -1.29. The van der Waals surface area contributed by atoms with Crippen LogP contribution in [0.2, 0.25) is 0 Å². The second-order valence-electron chi connectivity index (χ2n) is 6.89. The van der Waals surface area contributed by atoms with Gasteiger partial charge in [0.25, 0.3) is 0 Å². The van der Waals surface area contributed by atoms with Gasteiger partial charge in [-0.3, -0.25) is 4.79 Å². The van der Waals surface area contributed by atoms with Gasteiger partial charge in [-0.1, -0.05) is 13.8 Å². The standard InChI is InChI=1S/C16H17F4NO3/c1-14(2,7-15(16(18,19)20)12(24-15)13(21)22)10-6-9(17)5-8-3-4-23-11(8)10/h5-6,12H,3-4,7H2,1-2H3,(H2,21,22)/t12-,15+/m0/s1. The van der Waals surface area contributed by atoms with E-state index in [1.165, 1.54) is 26.0 Å². The Bertz CT molecular complexity index is 701. The van der Waals surface area contributed by atoms with Crippen molar-refractivity contribution in [1.82, 2.24) is 0 Å². The molecule has 0 bridgehead atoms. The van der Waals surface area contributed by atoms with Crippen molar-refractivity contribution in [3.05, 3.63) is 29.1 Å². The van der Waals surface area contributed by atoms with Gasteiger partial charge in [-0.15, -0.1) is 0 Å². The minimum Gasteiger partial charge on any atom is -0.493 e. The van der Waals surface area contributed by atoms with Gasteiger partial charge in [-0.25, -0.2) is 4.39 Å². The number of nitrogens with two attached hydrogens (primary N) is 1. The van der Waals surface area contributed by atoms with Gasteiger partial charge in [0, 0.05) is 17.5 Å². The van der Waals surface area contributed by atoms with E-state index < -0.39 is 41.4 Å². The zero-order valence-electron chi connectivity index (χ0n) is 13.2. The second-order valence-corrected chi connectivity index (χ2v) is 6.89. The molecule has 1 aromatic rings. The molecule has 132 valence electrons. The summed E-state index contributed by atoms with van der Waals surface area (Å²) in [5, 5.41) is 0. The Morgan fingerprint density at radius 1 is 1.38 bits per heavy atom. The van der Waals surface area contributed by atoms with Crippen LogP contribution in [0, 0.1) is 5.82 Å². The molecule has 0 spiro atoms. The quantitative estimate of drug-likeness (QED) is 0.673. The molecule has 24 heavy (non-hydrogen) atoms. The molecule has 0 aromatic heterocycles. The molecule has 1 amide bonds. The van der Waals surface area contributed by atoms with Crippen LogP contribution in [-0.2, 0) is 21.4 Å². The Morgan fingerprint density at radius 2 is 2.04 bits per heavy atom. The van der Waals surface area contributed by atoms with Crippen molar-refractivity contribution < 1.29 is 31.8 Å². The van der Waals surface area contributed by atoms with Crippen molar-refractivity contribution in [2.24, 2.45) is 5.73 Å². The van der Waals surface area contributed by atoms with Crippen LogP contribution < -0.4 is 10.5 Å². The first-order valence-corrected chi connectivity index (χ1v) is 7.47. The first-order chi connectivity index (χ1) is 11.0. The maximum atomic E-state index is 13.9. The molecule has 2 N–H and O–H groups in total. The third kappa shape index (κ3) is 2.53. The van der Waals surface area contributed by atoms with Gasteiger partial charge in [0.1, 0.15) is 11.6 Å². The topological polar surface area (TPSA) is 64.8 Å². The highest BCUT2D eigenvalue weighted by molar-refractivity contribution is 5.83. The van der Waals surface area contributed by atoms with Crippen LogP contribution in [0.1, 0.15) is 31.4 Å². The summed E-state index contributed by atoms with van der Waals surface area (Å²) in [5.41, 5.74) is 2.17. The van der Waals surface area contributed by atoms with Crippen molar-refractivity contribution in [2.45, 2.75) is 50.0 Å². The predicted octanol–water partition coefficient (Wildman–Crippen LogP) is 2.61. The highest BCUT2D eigenvalue weighted by Gasteiger charge is 2.76. The van der Waals surface area contributed by atoms with Gasteiger partial charge in [-0.2, -0.15) is 13.2 Å². The number of alkyl halides is 3. The van der Waals surface area contributed by atoms with Gasteiger partial charge < -0.3 is 15.2 Å². The normalized spacial score (nSPS) is 26.0. The number of primary amides is 1. The monoisotopic (exact) mass is 347 g/mol. The van der Waals surface area contributed by atoms with E-state index in [-0.39, 0.29) is 0 Å². The Labute approximate surface area is 135 Å². The van der Waals surface area contributed by atoms with Crippen molar-refractivity contribution in [1.29, 1.82) is 0 Å². The molecular formula is C16H17F4NO3. The molecule has 0 unspecified atom stereocenters. The molecule has 2 heterocycles. The van der Waals surface area contributed by atoms with E-state index in [0.717, 1.165) is 0 Å². The highest BCUT2D eigenvalue weighted by atomic mass is 19.4. The smallest absolute Gasteiger partial charge is 0.420 e. The van der Waals surface area contributed by atoms with Crippen LogP contribution in [-0.4, -0.2) is 30.4 Å². The lowest BCUT2D eigenvalue weighted by molar-refractivity contribution is -0.189. The molecule has 0 aliphatic carbocycles. The van der Waals surface area contributed by atoms with E-state index in [1.807, 2.05) is 0 Å². The van der Waals surface area contributed by atoms with Crippen molar-refractivity contribution >= 4 is 5.91 Å². The fraction of sp³-hybridized carbons (Fsp3) is 0.562. The van der Waals surface area contributed by atoms with Crippen LogP contribution >= 0.6 is 0 Å². The number of rotatable bonds is 4. The lowest BCUT2D eigenvalue weighted by atomic mass is 9.74. The molecular weight excluding hydrogens is 330 g/mol. The molecule has 2 aliphatic rings. The number of amides is 1. The number of hydrogen-bond acceptors (Lipinski definition) is 3. The van der Waals surface area contributed by atoms with Crippen molar-refractivity contribution in [3.63, 3.8) is 0 Å². The molecule has 2 atom stereocenters. The SMILES string of the molecule is CC(C)(C[C@@]1(C(F)(F)F)O[C@H]1C(N)=O)c1cc(F)cc2c1OCC2. The number of carbonyl (C=O) groups excluding carboxylic acids is 1. The van der Waals surface area contributed by atoms with E-state index in [4.69, 9.17) is 15.2 Å². The van der Waals surface area contributed by atoms with Gasteiger partial charge in [0.2, 0.25) is 5.91 Å². The molecule has 2 aliphatic heterocycles. The van der Waals surface area contributed by atoms with E-state index in [2.05, 4.69) is 0 Å². The van der Waals surface area contributed by atoms with Gasteiger partial charge in [0.05, 0.1) is 6.61 Å². The summed E-state index contributed by atoms with van der Waals surface area (Å²) < 4.78 is 64.4. The van der Waals surface area contributed by atoms with Crippen LogP contribution in [0.4, 0.5) is 17.6 Å². The van der Waals surface area contributed by atoms with E-state index in [9.17, 15) is 22.4 Å². The zero-order valence-corrected chi connectivity index (χ0v) is 13.2. The summed E-state index contributed by atoms with van der Waals surface area (Å²) in [4.78, 5) is 11.2. The summed E-state index contributed by atoms with van der Waals surface area (Å²) in [7, 11) is 0. The lowest BCUT2D eigenvalue weighted by Crippen LogP contribution is -2.43. The Balaban J connectivity index is 1.99. The molecule has 8 heteroatoms. The van der Waals surface area contributed by atoms with Crippen LogP contribution in [0.3, 0.4) is 0 Å². The predicted molar refractivity (Wildman–Crippen MR) is 76.1 cm³/mol. The summed E-state index contributed by atoms with van der Waals surface area (Å²) in [6.07, 6.45) is -6.54. The maximum absolute atomic E-state index is 13.9. The number of carbonyl (C=O) groups is 1. The molecule has 1 aromatic carbocycles. The molecule has 0 radical (unpaired) electrons.